The molecule has 2 unspecified atom stereocenters. The molecule has 1 aliphatic heterocycles. The van der Waals surface area contributed by atoms with Crippen molar-refractivity contribution < 1.29 is 14.3 Å². The van der Waals surface area contributed by atoms with Crippen LogP contribution >= 0.6 is 11.8 Å². The first-order valence-corrected chi connectivity index (χ1v) is 11.2. The first kappa shape index (κ1) is 21.0. The fourth-order valence-corrected chi connectivity index (χ4v) is 4.89. The molecule has 1 saturated carbocycles. The molecule has 2 amide bonds. The van der Waals surface area contributed by atoms with Gasteiger partial charge in [-0.25, -0.2) is 0 Å². The number of ether oxygens (including phenoxy) is 1. The molecule has 1 saturated heterocycles. The number of benzene rings is 1. The van der Waals surface area contributed by atoms with Gasteiger partial charge in [-0.15, -0.1) is 11.8 Å². The normalized spacial score (nSPS) is 23.1. The van der Waals surface area contributed by atoms with E-state index in [1.807, 2.05) is 24.3 Å². The highest BCUT2D eigenvalue weighted by atomic mass is 32.2. The third-order valence-corrected chi connectivity index (χ3v) is 6.49. The van der Waals surface area contributed by atoms with Crippen molar-refractivity contribution in [3.8, 4) is 5.75 Å². The van der Waals surface area contributed by atoms with Gasteiger partial charge in [0.05, 0.1) is 7.11 Å². The SMILES string of the molecule is COc1cccc(CSC2NC(=O)CC(CC(=O)NCC3CCCCC3)N2)c1. The van der Waals surface area contributed by atoms with Crippen molar-refractivity contribution in [1.82, 2.24) is 16.0 Å². The Morgan fingerprint density at radius 3 is 2.89 bits per heavy atom. The molecule has 1 aliphatic carbocycles. The van der Waals surface area contributed by atoms with E-state index in [1.165, 1.54) is 32.1 Å². The molecule has 2 atom stereocenters. The lowest BCUT2D eigenvalue weighted by Gasteiger charge is -2.31. The van der Waals surface area contributed by atoms with Gasteiger partial charge in [-0.05, 0) is 36.5 Å². The summed E-state index contributed by atoms with van der Waals surface area (Å²) in [5, 5.41) is 9.41. The number of hydrogen-bond donors (Lipinski definition) is 3. The molecule has 28 heavy (non-hydrogen) atoms. The highest BCUT2D eigenvalue weighted by Gasteiger charge is 2.27. The lowest BCUT2D eigenvalue weighted by Crippen LogP contribution is -2.55. The molecule has 6 nitrogen and oxygen atoms in total. The Bertz CT molecular complexity index is 664. The van der Waals surface area contributed by atoms with E-state index in [1.54, 1.807) is 18.9 Å². The summed E-state index contributed by atoms with van der Waals surface area (Å²) in [7, 11) is 1.65. The summed E-state index contributed by atoms with van der Waals surface area (Å²) in [4.78, 5) is 24.4. The van der Waals surface area contributed by atoms with E-state index in [0.29, 0.717) is 18.8 Å². The van der Waals surface area contributed by atoms with Crippen molar-refractivity contribution in [2.24, 2.45) is 5.92 Å². The summed E-state index contributed by atoms with van der Waals surface area (Å²) >= 11 is 1.61. The molecule has 3 N–H and O–H groups in total. The van der Waals surface area contributed by atoms with Crippen LogP contribution in [0, 0.1) is 5.92 Å². The summed E-state index contributed by atoms with van der Waals surface area (Å²) in [6.07, 6.45) is 6.98. The van der Waals surface area contributed by atoms with Gasteiger partial charge in [0.25, 0.3) is 0 Å². The lowest BCUT2D eigenvalue weighted by molar-refractivity contribution is -0.125. The van der Waals surface area contributed by atoms with Gasteiger partial charge in [0.15, 0.2) is 0 Å². The highest BCUT2D eigenvalue weighted by Crippen LogP contribution is 2.23. The standard InChI is InChI=1S/C21H31N3O3S/c1-27-18-9-5-8-16(10-18)14-28-21-23-17(12-20(26)24-21)11-19(25)22-13-15-6-3-2-4-7-15/h5,8-10,15,17,21,23H,2-4,6-7,11-14H2,1H3,(H,22,25)(H,24,26). The molecule has 0 aromatic heterocycles. The molecule has 3 rings (SSSR count). The van der Waals surface area contributed by atoms with Crippen LogP contribution in [0.25, 0.3) is 0 Å². The molecular formula is C21H31N3O3S. The van der Waals surface area contributed by atoms with Crippen LogP contribution in [0.3, 0.4) is 0 Å². The number of carbonyl (C=O) groups is 2. The van der Waals surface area contributed by atoms with Crippen LogP contribution in [-0.2, 0) is 15.3 Å². The number of carbonyl (C=O) groups excluding carboxylic acids is 2. The van der Waals surface area contributed by atoms with E-state index in [-0.39, 0.29) is 23.4 Å². The summed E-state index contributed by atoms with van der Waals surface area (Å²) in [5.74, 6) is 2.22. The zero-order chi connectivity index (χ0) is 19.8. The lowest BCUT2D eigenvalue weighted by atomic mass is 9.89. The molecule has 2 aliphatic rings. The molecule has 7 heteroatoms. The summed E-state index contributed by atoms with van der Waals surface area (Å²) < 4.78 is 5.25. The maximum Gasteiger partial charge on any atom is 0.223 e. The van der Waals surface area contributed by atoms with Gasteiger partial charge in [0, 0.05) is 31.2 Å². The minimum Gasteiger partial charge on any atom is -0.497 e. The number of amides is 2. The average molecular weight is 406 g/mol. The molecule has 154 valence electrons. The number of nitrogens with one attached hydrogen (secondary N) is 3. The molecule has 0 bridgehead atoms. The minimum absolute atomic E-state index is 0.00743. The van der Waals surface area contributed by atoms with Crippen LogP contribution in [0.15, 0.2) is 24.3 Å². The summed E-state index contributed by atoms with van der Waals surface area (Å²) in [5.41, 5.74) is 0.941. The second-order valence-corrected chi connectivity index (χ2v) is 8.78. The van der Waals surface area contributed by atoms with Gasteiger partial charge in [-0.3, -0.25) is 14.9 Å². The number of rotatable bonds is 8. The Morgan fingerprint density at radius 2 is 2.11 bits per heavy atom. The van der Waals surface area contributed by atoms with Gasteiger partial charge >= 0.3 is 0 Å². The summed E-state index contributed by atoms with van der Waals surface area (Å²) in [6, 6.07) is 7.78. The van der Waals surface area contributed by atoms with Crippen LogP contribution in [-0.4, -0.2) is 37.0 Å². The number of thioether (sulfide) groups is 1. The van der Waals surface area contributed by atoms with E-state index in [4.69, 9.17) is 4.74 Å². The van der Waals surface area contributed by atoms with Crippen molar-refractivity contribution in [3.05, 3.63) is 29.8 Å². The van der Waals surface area contributed by atoms with Crippen molar-refractivity contribution in [3.63, 3.8) is 0 Å². The Hall–Kier alpha value is -1.73. The Labute approximate surface area is 171 Å². The van der Waals surface area contributed by atoms with Crippen molar-refractivity contribution in [2.75, 3.05) is 13.7 Å². The van der Waals surface area contributed by atoms with Gasteiger partial charge in [-0.1, -0.05) is 31.4 Å². The molecule has 0 spiro atoms. The van der Waals surface area contributed by atoms with Crippen LogP contribution in [0.2, 0.25) is 0 Å². The Kier molecular flexibility index (Phi) is 8.03. The van der Waals surface area contributed by atoms with Gasteiger partial charge in [-0.2, -0.15) is 0 Å². The highest BCUT2D eigenvalue weighted by molar-refractivity contribution is 7.99. The molecule has 0 radical (unpaired) electrons. The van der Waals surface area contributed by atoms with E-state index < -0.39 is 0 Å². The minimum atomic E-state index is -0.191. The average Bonchev–Trinajstić information content (AvgIpc) is 2.71. The van der Waals surface area contributed by atoms with Crippen LogP contribution in [0.4, 0.5) is 0 Å². The largest absolute Gasteiger partial charge is 0.497 e. The predicted molar refractivity (Wildman–Crippen MR) is 112 cm³/mol. The quantitative estimate of drug-likeness (QED) is 0.620. The maximum atomic E-state index is 12.3. The second-order valence-electron chi connectivity index (χ2n) is 7.69. The molecule has 1 aromatic carbocycles. The van der Waals surface area contributed by atoms with Crippen molar-refractivity contribution in [1.29, 1.82) is 0 Å². The zero-order valence-electron chi connectivity index (χ0n) is 16.5. The monoisotopic (exact) mass is 405 g/mol. The molecule has 2 fully saturated rings. The van der Waals surface area contributed by atoms with Crippen LogP contribution in [0.5, 0.6) is 5.75 Å². The van der Waals surface area contributed by atoms with Gasteiger partial charge in [0.1, 0.15) is 11.2 Å². The fraction of sp³-hybridized carbons (Fsp3) is 0.619. The second kappa shape index (κ2) is 10.7. The number of hydrogen-bond acceptors (Lipinski definition) is 5. The zero-order valence-corrected chi connectivity index (χ0v) is 17.4. The Balaban J connectivity index is 1.42. The smallest absolute Gasteiger partial charge is 0.223 e. The van der Waals surface area contributed by atoms with Crippen molar-refractivity contribution >= 4 is 23.6 Å². The predicted octanol–water partition coefficient (Wildman–Crippen LogP) is 2.78. The number of methoxy groups -OCH3 is 1. The maximum absolute atomic E-state index is 12.3. The third-order valence-electron chi connectivity index (χ3n) is 5.41. The third kappa shape index (κ3) is 6.71. The first-order valence-electron chi connectivity index (χ1n) is 10.2. The van der Waals surface area contributed by atoms with Crippen LogP contribution in [0.1, 0.15) is 50.5 Å². The van der Waals surface area contributed by atoms with E-state index in [9.17, 15) is 9.59 Å². The summed E-state index contributed by atoms with van der Waals surface area (Å²) in [6.45, 7) is 0.770. The molecule has 1 aromatic rings. The molecule has 1 heterocycles. The van der Waals surface area contributed by atoms with Crippen LogP contribution < -0.4 is 20.7 Å². The van der Waals surface area contributed by atoms with Gasteiger partial charge < -0.3 is 15.4 Å². The van der Waals surface area contributed by atoms with E-state index in [0.717, 1.165) is 23.6 Å². The van der Waals surface area contributed by atoms with E-state index >= 15 is 0 Å². The molecular weight excluding hydrogens is 374 g/mol. The first-order chi connectivity index (χ1) is 13.6. The van der Waals surface area contributed by atoms with E-state index in [2.05, 4.69) is 16.0 Å². The fourth-order valence-electron chi connectivity index (χ4n) is 3.85. The van der Waals surface area contributed by atoms with Gasteiger partial charge in [0.2, 0.25) is 11.8 Å². The topological polar surface area (TPSA) is 79.5 Å². The van der Waals surface area contributed by atoms with Crippen molar-refractivity contribution in [2.45, 2.75) is 62.2 Å². The Morgan fingerprint density at radius 1 is 1.29 bits per heavy atom.